The van der Waals surface area contributed by atoms with Crippen molar-refractivity contribution >= 4 is 28.9 Å². The lowest BCUT2D eigenvalue weighted by Crippen LogP contribution is -2.20. The van der Waals surface area contributed by atoms with Gasteiger partial charge in [-0.05, 0) is 66.9 Å². The summed E-state index contributed by atoms with van der Waals surface area (Å²) in [6.45, 7) is 4.44. The molecule has 0 unspecified atom stereocenters. The van der Waals surface area contributed by atoms with Crippen LogP contribution in [0.25, 0.3) is 0 Å². The van der Waals surface area contributed by atoms with Crippen molar-refractivity contribution in [2.24, 2.45) is 0 Å². The van der Waals surface area contributed by atoms with Crippen LogP contribution in [0, 0.1) is 13.8 Å². The van der Waals surface area contributed by atoms with Crippen molar-refractivity contribution in [2.45, 2.75) is 20.4 Å². The van der Waals surface area contributed by atoms with Gasteiger partial charge in [0.2, 0.25) is 0 Å². The number of anilines is 2. The van der Waals surface area contributed by atoms with Gasteiger partial charge in [-0.2, -0.15) is 0 Å². The number of benzene rings is 3. The maximum Gasteiger partial charge on any atom is 0.262 e. The summed E-state index contributed by atoms with van der Waals surface area (Å²) in [5, 5.41) is 6.89. The summed E-state index contributed by atoms with van der Waals surface area (Å²) in [7, 11) is 1.58. The predicted molar refractivity (Wildman–Crippen MR) is 122 cm³/mol. The molecule has 0 spiro atoms. The van der Waals surface area contributed by atoms with E-state index in [9.17, 15) is 4.79 Å². The molecule has 0 aliphatic rings. The highest BCUT2D eigenvalue weighted by Crippen LogP contribution is 2.29. The third-order valence-electron chi connectivity index (χ3n) is 4.56. The fraction of sp³-hybridized carbons (Fsp3) is 0.208. The highest BCUT2D eigenvalue weighted by Gasteiger charge is 2.09. The zero-order chi connectivity index (χ0) is 21.5. The predicted octanol–water partition coefficient (Wildman–Crippen LogP) is 5.60. The van der Waals surface area contributed by atoms with Crippen molar-refractivity contribution in [1.82, 2.24) is 0 Å². The molecular formula is C24H25ClN2O3. The van der Waals surface area contributed by atoms with E-state index in [2.05, 4.69) is 10.6 Å². The SMILES string of the molecule is COc1cc(CNc2ccc(C)c(Cl)c2)ccc1OCC(=O)Nc1cccc(C)c1. The molecule has 3 aromatic carbocycles. The Kier molecular flexibility index (Phi) is 7.20. The maximum absolute atomic E-state index is 12.2. The standard InChI is InChI=1S/C24H25ClN2O3/c1-16-5-4-6-20(11-16)27-24(28)15-30-22-10-8-18(12-23(22)29-3)14-26-19-9-7-17(2)21(25)13-19/h4-13,26H,14-15H2,1-3H3,(H,27,28). The minimum atomic E-state index is -0.232. The minimum Gasteiger partial charge on any atom is -0.493 e. The van der Waals surface area contributed by atoms with Gasteiger partial charge in [-0.3, -0.25) is 4.79 Å². The molecule has 156 valence electrons. The van der Waals surface area contributed by atoms with E-state index in [0.717, 1.165) is 33.1 Å². The average molecular weight is 425 g/mol. The lowest BCUT2D eigenvalue weighted by Gasteiger charge is -2.13. The molecule has 0 radical (unpaired) electrons. The smallest absolute Gasteiger partial charge is 0.262 e. The average Bonchev–Trinajstić information content (AvgIpc) is 2.73. The highest BCUT2D eigenvalue weighted by atomic mass is 35.5. The van der Waals surface area contributed by atoms with E-state index in [4.69, 9.17) is 21.1 Å². The quantitative estimate of drug-likeness (QED) is 0.494. The summed E-state index contributed by atoms with van der Waals surface area (Å²) < 4.78 is 11.1. The summed E-state index contributed by atoms with van der Waals surface area (Å²) in [4.78, 5) is 12.2. The summed E-state index contributed by atoms with van der Waals surface area (Å²) in [5.74, 6) is 0.850. The van der Waals surface area contributed by atoms with Gasteiger partial charge in [0.05, 0.1) is 7.11 Å². The number of hydrogen-bond acceptors (Lipinski definition) is 4. The van der Waals surface area contributed by atoms with Crippen molar-refractivity contribution < 1.29 is 14.3 Å². The molecule has 0 fully saturated rings. The Labute approximate surface area is 182 Å². The molecule has 0 heterocycles. The minimum absolute atomic E-state index is 0.107. The molecule has 0 bridgehead atoms. The van der Waals surface area contributed by atoms with Crippen LogP contribution in [0.4, 0.5) is 11.4 Å². The second-order valence-corrected chi connectivity index (χ2v) is 7.42. The molecule has 0 aromatic heterocycles. The Bertz CT molecular complexity index is 1040. The first-order valence-corrected chi connectivity index (χ1v) is 9.98. The molecule has 0 aliphatic carbocycles. The Morgan fingerprint density at radius 1 is 0.967 bits per heavy atom. The number of carbonyl (C=O) groups excluding carboxylic acids is 1. The van der Waals surface area contributed by atoms with E-state index in [1.165, 1.54) is 0 Å². The van der Waals surface area contributed by atoms with Gasteiger partial charge < -0.3 is 20.1 Å². The second kappa shape index (κ2) is 10.0. The number of ether oxygens (including phenoxy) is 2. The maximum atomic E-state index is 12.2. The monoisotopic (exact) mass is 424 g/mol. The number of halogens is 1. The first-order chi connectivity index (χ1) is 14.4. The molecule has 0 atom stereocenters. The molecule has 6 heteroatoms. The normalized spacial score (nSPS) is 10.4. The van der Waals surface area contributed by atoms with Gasteiger partial charge in [-0.15, -0.1) is 0 Å². The number of methoxy groups -OCH3 is 1. The molecule has 0 aliphatic heterocycles. The molecule has 2 N–H and O–H groups in total. The highest BCUT2D eigenvalue weighted by molar-refractivity contribution is 6.31. The summed E-state index contributed by atoms with van der Waals surface area (Å²) in [6.07, 6.45) is 0. The van der Waals surface area contributed by atoms with E-state index < -0.39 is 0 Å². The number of aryl methyl sites for hydroxylation is 2. The van der Waals surface area contributed by atoms with Crippen LogP contribution < -0.4 is 20.1 Å². The molecule has 3 aromatic rings. The van der Waals surface area contributed by atoms with Crippen LogP contribution in [-0.2, 0) is 11.3 Å². The first-order valence-electron chi connectivity index (χ1n) is 9.61. The number of nitrogens with one attached hydrogen (secondary N) is 2. The topological polar surface area (TPSA) is 59.6 Å². The van der Waals surface area contributed by atoms with E-state index in [0.29, 0.717) is 18.0 Å². The molecule has 30 heavy (non-hydrogen) atoms. The zero-order valence-electron chi connectivity index (χ0n) is 17.3. The van der Waals surface area contributed by atoms with Crippen LogP contribution in [0.1, 0.15) is 16.7 Å². The van der Waals surface area contributed by atoms with Crippen molar-refractivity contribution in [2.75, 3.05) is 24.4 Å². The van der Waals surface area contributed by atoms with Crippen molar-refractivity contribution in [3.63, 3.8) is 0 Å². The first kappa shape index (κ1) is 21.5. The van der Waals surface area contributed by atoms with E-state index in [-0.39, 0.29) is 12.5 Å². The molecule has 1 amide bonds. The van der Waals surface area contributed by atoms with Crippen LogP contribution in [0.2, 0.25) is 5.02 Å². The van der Waals surface area contributed by atoms with Gasteiger partial charge >= 0.3 is 0 Å². The van der Waals surface area contributed by atoms with Gasteiger partial charge in [0, 0.05) is 22.9 Å². The Balaban J connectivity index is 1.58. The fourth-order valence-electron chi connectivity index (χ4n) is 2.91. The van der Waals surface area contributed by atoms with E-state index in [1.807, 2.05) is 68.4 Å². The molecule has 0 saturated carbocycles. The van der Waals surface area contributed by atoms with Crippen LogP contribution in [-0.4, -0.2) is 19.6 Å². The molecular weight excluding hydrogens is 400 g/mol. The summed E-state index contributed by atoms with van der Waals surface area (Å²) in [6, 6.07) is 19.1. The summed E-state index contributed by atoms with van der Waals surface area (Å²) in [5.41, 5.74) is 4.82. The Hall–Kier alpha value is -3.18. The Morgan fingerprint density at radius 2 is 1.80 bits per heavy atom. The number of rotatable bonds is 8. The lowest BCUT2D eigenvalue weighted by molar-refractivity contribution is -0.118. The van der Waals surface area contributed by atoms with Crippen molar-refractivity contribution in [3.05, 3.63) is 82.4 Å². The Morgan fingerprint density at radius 3 is 2.53 bits per heavy atom. The summed E-state index contributed by atoms with van der Waals surface area (Å²) >= 11 is 6.17. The fourth-order valence-corrected chi connectivity index (χ4v) is 3.09. The van der Waals surface area contributed by atoms with E-state index in [1.54, 1.807) is 13.2 Å². The van der Waals surface area contributed by atoms with Gasteiger partial charge in [0.1, 0.15) is 0 Å². The third kappa shape index (κ3) is 5.91. The van der Waals surface area contributed by atoms with Crippen LogP contribution in [0.3, 0.4) is 0 Å². The number of hydrogen-bond donors (Lipinski definition) is 2. The van der Waals surface area contributed by atoms with Crippen LogP contribution in [0.5, 0.6) is 11.5 Å². The number of amides is 1. The van der Waals surface area contributed by atoms with Gasteiger partial charge in [0.15, 0.2) is 18.1 Å². The third-order valence-corrected chi connectivity index (χ3v) is 4.96. The van der Waals surface area contributed by atoms with E-state index >= 15 is 0 Å². The van der Waals surface area contributed by atoms with Gasteiger partial charge in [-0.25, -0.2) is 0 Å². The second-order valence-electron chi connectivity index (χ2n) is 7.01. The molecule has 0 saturated heterocycles. The van der Waals surface area contributed by atoms with Crippen molar-refractivity contribution in [3.8, 4) is 11.5 Å². The van der Waals surface area contributed by atoms with Crippen molar-refractivity contribution in [1.29, 1.82) is 0 Å². The molecule has 3 rings (SSSR count). The lowest BCUT2D eigenvalue weighted by atomic mass is 10.2. The van der Waals surface area contributed by atoms with Gasteiger partial charge in [-0.1, -0.05) is 35.9 Å². The number of carbonyl (C=O) groups is 1. The van der Waals surface area contributed by atoms with Crippen LogP contribution >= 0.6 is 11.6 Å². The zero-order valence-corrected chi connectivity index (χ0v) is 18.0. The van der Waals surface area contributed by atoms with Gasteiger partial charge in [0.25, 0.3) is 5.91 Å². The molecule has 5 nitrogen and oxygen atoms in total. The largest absolute Gasteiger partial charge is 0.493 e. The van der Waals surface area contributed by atoms with Crippen LogP contribution in [0.15, 0.2) is 60.7 Å².